The van der Waals surface area contributed by atoms with Crippen LogP contribution in [0.2, 0.25) is 0 Å². The molecule has 4 heteroatoms. The third kappa shape index (κ3) is 2.78. The largest absolute Gasteiger partial charge is 0.381 e. The van der Waals surface area contributed by atoms with Gasteiger partial charge in [0.05, 0.1) is 11.4 Å². The summed E-state index contributed by atoms with van der Waals surface area (Å²) >= 11 is 0. The molecule has 3 rings (SSSR count). The van der Waals surface area contributed by atoms with E-state index in [2.05, 4.69) is 48.3 Å². The zero-order valence-corrected chi connectivity index (χ0v) is 12.9. The van der Waals surface area contributed by atoms with Gasteiger partial charge in [0.2, 0.25) is 0 Å². The van der Waals surface area contributed by atoms with Gasteiger partial charge in [-0.15, -0.1) is 0 Å². The highest BCUT2D eigenvalue weighted by atomic mass is 19.2. The van der Waals surface area contributed by atoms with Crippen LogP contribution in [-0.4, -0.2) is 12.6 Å². The van der Waals surface area contributed by atoms with E-state index >= 15 is 0 Å². The lowest BCUT2D eigenvalue weighted by atomic mass is 10.0. The summed E-state index contributed by atoms with van der Waals surface area (Å²) in [6.45, 7) is 5.59. The summed E-state index contributed by atoms with van der Waals surface area (Å²) in [5.74, 6) is -1.61. The van der Waals surface area contributed by atoms with Crippen molar-refractivity contribution in [3.63, 3.8) is 0 Å². The van der Waals surface area contributed by atoms with E-state index in [1.165, 1.54) is 23.3 Å². The van der Waals surface area contributed by atoms with Gasteiger partial charge in [-0.1, -0.05) is 36.8 Å². The molecule has 0 bridgehead atoms. The van der Waals surface area contributed by atoms with Crippen LogP contribution in [-0.2, 0) is 6.54 Å². The lowest BCUT2D eigenvalue weighted by Crippen LogP contribution is -2.43. The monoisotopic (exact) mass is 302 g/mol. The Morgan fingerprint density at radius 2 is 1.82 bits per heavy atom. The predicted octanol–water partition coefficient (Wildman–Crippen LogP) is 4.48. The van der Waals surface area contributed by atoms with Crippen molar-refractivity contribution in [3.05, 3.63) is 59.2 Å². The Kier molecular flexibility index (Phi) is 4.01. The molecule has 2 aromatic rings. The van der Waals surface area contributed by atoms with E-state index in [0.29, 0.717) is 12.2 Å². The van der Waals surface area contributed by atoms with E-state index in [-0.39, 0.29) is 6.04 Å². The maximum absolute atomic E-state index is 13.7. The van der Waals surface area contributed by atoms with E-state index in [1.807, 2.05) is 0 Å². The molecule has 22 heavy (non-hydrogen) atoms. The highest BCUT2D eigenvalue weighted by Gasteiger charge is 2.26. The maximum Gasteiger partial charge on any atom is 0.161 e. The first-order chi connectivity index (χ1) is 10.6. The molecule has 0 fully saturated rings. The fourth-order valence-electron chi connectivity index (χ4n) is 2.92. The lowest BCUT2D eigenvalue weighted by molar-refractivity contribution is 0.504. The number of rotatable bonds is 3. The highest BCUT2D eigenvalue weighted by molar-refractivity contribution is 5.73. The summed E-state index contributed by atoms with van der Waals surface area (Å²) in [5.41, 5.74) is 3.78. The second kappa shape index (κ2) is 5.95. The normalized spacial score (nSPS) is 17.1. The van der Waals surface area contributed by atoms with Crippen molar-refractivity contribution < 1.29 is 8.78 Å². The predicted molar refractivity (Wildman–Crippen MR) is 86.3 cm³/mol. The molecule has 1 N–H and O–H groups in total. The number of hydrogen-bond donors (Lipinski definition) is 1. The van der Waals surface area contributed by atoms with Crippen LogP contribution < -0.4 is 10.2 Å². The van der Waals surface area contributed by atoms with E-state index in [0.717, 1.165) is 18.7 Å². The van der Waals surface area contributed by atoms with E-state index in [4.69, 9.17) is 0 Å². The zero-order valence-electron chi connectivity index (χ0n) is 12.9. The maximum atomic E-state index is 13.7. The third-order valence-electron chi connectivity index (χ3n) is 4.26. The van der Waals surface area contributed by atoms with Gasteiger partial charge < -0.3 is 10.2 Å². The van der Waals surface area contributed by atoms with Crippen LogP contribution in [0.5, 0.6) is 0 Å². The molecular formula is C18H20F2N2. The molecule has 1 unspecified atom stereocenters. The topological polar surface area (TPSA) is 15.3 Å². The second-order valence-electron chi connectivity index (χ2n) is 5.84. The van der Waals surface area contributed by atoms with Gasteiger partial charge in [-0.25, -0.2) is 8.78 Å². The van der Waals surface area contributed by atoms with Crippen LogP contribution in [0.15, 0.2) is 36.4 Å². The average Bonchev–Trinajstić information content (AvgIpc) is 2.51. The molecular weight excluding hydrogens is 282 g/mol. The van der Waals surface area contributed by atoms with Crippen LogP contribution >= 0.6 is 0 Å². The SMILES string of the molecule is CCC1CNc2cc(F)c(F)cc2N1Cc1ccc(C)cc1. The molecule has 1 aliphatic heterocycles. The molecule has 0 spiro atoms. The number of benzene rings is 2. The summed E-state index contributed by atoms with van der Waals surface area (Å²) in [4.78, 5) is 2.17. The molecule has 116 valence electrons. The molecule has 1 heterocycles. The first-order valence-electron chi connectivity index (χ1n) is 7.63. The molecule has 2 nitrogen and oxygen atoms in total. The molecule has 0 saturated carbocycles. The van der Waals surface area contributed by atoms with Gasteiger partial charge in [0.15, 0.2) is 11.6 Å². The standard InChI is InChI=1S/C18H20F2N2/c1-3-14-10-21-17-8-15(19)16(20)9-18(17)22(14)11-13-6-4-12(2)5-7-13/h4-9,14,21H,3,10-11H2,1-2H3. The van der Waals surface area contributed by atoms with Crippen molar-refractivity contribution in [2.75, 3.05) is 16.8 Å². The van der Waals surface area contributed by atoms with Gasteiger partial charge in [-0.05, 0) is 18.9 Å². The molecule has 0 radical (unpaired) electrons. The van der Waals surface area contributed by atoms with Crippen molar-refractivity contribution in [2.45, 2.75) is 32.9 Å². The quantitative estimate of drug-likeness (QED) is 0.899. The molecule has 0 saturated heterocycles. The number of nitrogens with zero attached hydrogens (tertiary/aromatic N) is 1. The Labute approximate surface area is 129 Å². The van der Waals surface area contributed by atoms with Gasteiger partial charge in [0, 0.05) is 31.3 Å². The Balaban J connectivity index is 1.97. The highest BCUT2D eigenvalue weighted by Crippen LogP contribution is 2.35. The molecule has 1 aliphatic rings. The first kappa shape index (κ1) is 14.8. The minimum atomic E-state index is -0.809. The third-order valence-corrected chi connectivity index (χ3v) is 4.26. The zero-order chi connectivity index (χ0) is 15.7. The van der Waals surface area contributed by atoms with Gasteiger partial charge in [-0.2, -0.15) is 0 Å². The summed E-state index contributed by atoms with van der Waals surface area (Å²) in [7, 11) is 0. The minimum Gasteiger partial charge on any atom is -0.381 e. The second-order valence-corrected chi connectivity index (χ2v) is 5.84. The Morgan fingerprint density at radius 1 is 1.14 bits per heavy atom. The number of halogens is 2. The number of anilines is 2. The molecule has 2 aromatic carbocycles. The molecule has 0 amide bonds. The number of nitrogens with one attached hydrogen (secondary N) is 1. The summed E-state index contributed by atoms with van der Waals surface area (Å²) < 4.78 is 27.1. The van der Waals surface area contributed by atoms with Crippen molar-refractivity contribution >= 4 is 11.4 Å². The van der Waals surface area contributed by atoms with Crippen molar-refractivity contribution in [2.24, 2.45) is 0 Å². The fourth-order valence-corrected chi connectivity index (χ4v) is 2.92. The van der Waals surface area contributed by atoms with Crippen LogP contribution in [0.25, 0.3) is 0 Å². The van der Waals surface area contributed by atoms with Crippen molar-refractivity contribution in [1.29, 1.82) is 0 Å². The van der Waals surface area contributed by atoms with Crippen LogP contribution in [0.1, 0.15) is 24.5 Å². The van der Waals surface area contributed by atoms with Crippen molar-refractivity contribution in [1.82, 2.24) is 0 Å². The van der Waals surface area contributed by atoms with Gasteiger partial charge >= 0.3 is 0 Å². The summed E-state index contributed by atoms with van der Waals surface area (Å²) in [5, 5.41) is 3.21. The fraction of sp³-hybridized carbons (Fsp3) is 0.333. The van der Waals surface area contributed by atoms with Crippen LogP contribution in [0, 0.1) is 18.6 Å². The summed E-state index contributed by atoms with van der Waals surface area (Å²) in [6, 6.07) is 11.1. The minimum absolute atomic E-state index is 0.263. The van der Waals surface area contributed by atoms with Crippen LogP contribution in [0.3, 0.4) is 0 Å². The molecule has 1 atom stereocenters. The number of fused-ring (bicyclic) bond motifs is 1. The van der Waals surface area contributed by atoms with E-state index in [1.54, 1.807) is 0 Å². The average molecular weight is 302 g/mol. The molecule has 0 aromatic heterocycles. The van der Waals surface area contributed by atoms with Gasteiger partial charge in [0.25, 0.3) is 0 Å². The number of hydrogen-bond acceptors (Lipinski definition) is 2. The van der Waals surface area contributed by atoms with Gasteiger partial charge in [0.1, 0.15) is 0 Å². The summed E-state index contributed by atoms with van der Waals surface area (Å²) in [6.07, 6.45) is 0.942. The Morgan fingerprint density at radius 3 is 2.50 bits per heavy atom. The van der Waals surface area contributed by atoms with Crippen LogP contribution in [0.4, 0.5) is 20.2 Å². The van der Waals surface area contributed by atoms with E-state index < -0.39 is 11.6 Å². The first-order valence-corrected chi connectivity index (χ1v) is 7.63. The smallest absolute Gasteiger partial charge is 0.161 e. The van der Waals surface area contributed by atoms with Crippen molar-refractivity contribution in [3.8, 4) is 0 Å². The Bertz CT molecular complexity index is 668. The van der Waals surface area contributed by atoms with Gasteiger partial charge in [-0.3, -0.25) is 0 Å². The van der Waals surface area contributed by atoms with E-state index in [9.17, 15) is 8.78 Å². The molecule has 0 aliphatic carbocycles. The number of aryl methyl sites for hydroxylation is 1. The lowest BCUT2D eigenvalue weighted by Gasteiger charge is -2.39. The Hall–Kier alpha value is -2.10.